The van der Waals surface area contributed by atoms with Crippen LogP contribution in [0.15, 0.2) is 48.5 Å². The zero-order valence-electron chi connectivity index (χ0n) is 17.4. The van der Waals surface area contributed by atoms with Gasteiger partial charge in [-0.15, -0.1) is 0 Å². The number of hydrogen-bond donors (Lipinski definition) is 2. The van der Waals surface area contributed by atoms with Gasteiger partial charge in [-0.25, -0.2) is 4.98 Å². The second-order valence-electron chi connectivity index (χ2n) is 7.95. The number of hydrogen-bond acceptors (Lipinski definition) is 4. The summed E-state index contributed by atoms with van der Waals surface area (Å²) in [6.45, 7) is 4.41. The van der Waals surface area contributed by atoms with Gasteiger partial charge in [0, 0.05) is 13.0 Å². The van der Waals surface area contributed by atoms with Crippen LogP contribution in [0.5, 0.6) is 5.75 Å². The molecule has 2 atom stereocenters. The van der Waals surface area contributed by atoms with Crippen LogP contribution in [0.3, 0.4) is 0 Å². The number of H-pyrrole nitrogens is 1. The van der Waals surface area contributed by atoms with Gasteiger partial charge in [0.1, 0.15) is 11.6 Å². The second kappa shape index (κ2) is 8.18. The van der Waals surface area contributed by atoms with Crippen molar-refractivity contribution in [1.29, 1.82) is 0 Å². The summed E-state index contributed by atoms with van der Waals surface area (Å²) in [5.74, 6) is 0.842. The predicted molar refractivity (Wildman–Crippen MR) is 115 cm³/mol. The van der Waals surface area contributed by atoms with E-state index in [2.05, 4.69) is 15.3 Å². The van der Waals surface area contributed by atoms with Gasteiger partial charge in [0.2, 0.25) is 11.8 Å². The standard InChI is InChI=1S/C23H26N4O3/c1-14(2)21(22-24-16-8-4-5-9-17(16)25-22)26-23(29)15-12-20(28)27(13-15)18-10-6-7-11-19(18)30-3/h4-11,14-15,21H,12-13H2,1-3H3,(H,24,25)(H,26,29)/t15-,21+/m1/s1. The van der Waals surface area contributed by atoms with Gasteiger partial charge in [0.05, 0.1) is 35.8 Å². The van der Waals surface area contributed by atoms with E-state index in [0.29, 0.717) is 18.0 Å². The first-order valence-electron chi connectivity index (χ1n) is 10.2. The lowest BCUT2D eigenvalue weighted by Gasteiger charge is -2.23. The fraction of sp³-hybridized carbons (Fsp3) is 0.348. The van der Waals surface area contributed by atoms with Gasteiger partial charge in [-0.3, -0.25) is 9.59 Å². The van der Waals surface area contributed by atoms with Gasteiger partial charge in [0.25, 0.3) is 0 Å². The number of imidazole rings is 1. The van der Waals surface area contributed by atoms with Gasteiger partial charge < -0.3 is 19.9 Å². The molecular weight excluding hydrogens is 380 g/mol. The first-order valence-corrected chi connectivity index (χ1v) is 10.2. The molecule has 1 aliphatic rings. The van der Waals surface area contributed by atoms with E-state index in [9.17, 15) is 9.59 Å². The van der Waals surface area contributed by atoms with E-state index in [1.54, 1.807) is 12.0 Å². The van der Waals surface area contributed by atoms with Gasteiger partial charge in [-0.2, -0.15) is 0 Å². The maximum Gasteiger partial charge on any atom is 0.227 e. The highest BCUT2D eigenvalue weighted by atomic mass is 16.5. The van der Waals surface area contributed by atoms with Gasteiger partial charge in [-0.05, 0) is 30.2 Å². The Bertz CT molecular complexity index is 1040. The van der Waals surface area contributed by atoms with Crippen molar-refractivity contribution in [2.45, 2.75) is 26.3 Å². The Hall–Kier alpha value is -3.35. The molecule has 0 saturated carbocycles. The molecule has 1 aliphatic heterocycles. The number of fused-ring (bicyclic) bond motifs is 1. The summed E-state index contributed by atoms with van der Waals surface area (Å²) in [5.41, 5.74) is 2.49. The number of anilines is 1. The van der Waals surface area contributed by atoms with Crippen molar-refractivity contribution < 1.29 is 14.3 Å². The van der Waals surface area contributed by atoms with E-state index in [1.165, 1.54) is 0 Å². The topological polar surface area (TPSA) is 87.3 Å². The minimum Gasteiger partial charge on any atom is -0.495 e. The summed E-state index contributed by atoms with van der Waals surface area (Å²) in [6, 6.07) is 14.9. The predicted octanol–water partition coefficient (Wildman–Crippen LogP) is 3.44. The zero-order chi connectivity index (χ0) is 21.3. The Morgan fingerprint density at radius 3 is 2.67 bits per heavy atom. The molecule has 2 aromatic carbocycles. The first kappa shape index (κ1) is 19.9. The SMILES string of the molecule is COc1ccccc1N1C[C@H](C(=O)N[C@H](c2nc3ccccc3[nH]2)C(C)C)CC1=O. The number of aromatic nitrogens is 2. The molecular formula is C23H26N4O3. The van der Waals surface area contributed by atoms with Crippen LogP contribution in [0.4, 0.5) is 5.69 Å². The molecule has 156 valence electrons. The van der Waals surface area contributed by atoms with Crippen LogP contribution in [0, 0.1) is 11.8 Å². The second-order valence-corrected chi connectivity index (χ2v) is 7.95. The molecule has 7 heteroatoms. The molecule has 0 unspecified atom stereocenters. The minimum atomic E-state index is -0.423. The number of methoxy groups -OCH3 is 1. The Labute approximate surface area is 175 Å². The van der Waals surface area contributed by atoms with Gasteiger partial charge in [0.15, 0.2) is 0 Å². The number of amides is 2. The molecule has 7 nitrogen and oxygen atoms in total. The molecule has 4 rings (SSSR count). The highest BCUT2D eigenvalue weighted by Crippen LogP contribution is 2.33. The van der Waals surface area contributed by atoms with Crippen molar-refractivity contribution in [2.75, 3.05) is 18.6 Å². The van der Waals surface area contributed by atoms with Crippen LogP contribution in [-0.2, 0) is 9.59 Å². The van der Waals surface area contributed by atoms with E-state index in [1.807, 2.05) is 62.4 Å². The molecule has 1 aromatic heterocycles. The van der Waals surface area contributed by atoms with Crippen molar-refractivity contribution in [1.82, 2.24) is 15.3 Å². The van der Waals surface area contributed by atoms with E-state index in [-0.39, 0.29) is 30.2 Å². The lowest BCUT2D eigenvalue weighted by atomic mass is 10.0. The number of ether oxygens (including phenoxy) is 1. The fourth-order valence-corrected chi connectivity index (χ4v) is 3.91. The normalized spacial score (nSPS) is 17.5. The third-order valence-electron chi connectivity index (χ3n) is 5.54. The molecule has 30 heavy (non-hydrogen) atoms. The summed E-state index contributed by atoms with van der Waals surface area (Å²) in [4.78, 5) is 35.3. The molecule has 0 radical (unpaired) electrons. The number of carbonyl (C=O) groups excluding carboxylic acids is 2. The summed E-state index contributed by atoms with van der Waals surface area (Å²) < 4.78 is 5.38. The quantitative estimate of drug-likeness (QED) is 0.656. The number of rotatable bonds is 6. The average molecular weight is 406 g/mol. The van der Waals surface area contributed by atoms with Crippen molar-refractivity contribution in [3.05, 3.63) is 54.4 Å². The Morgan fingerprint density at radius 2 is 1.93 bits per heavy atom. The van der Waals surface area contributed by atoms with Crippen LogP contribution in [-0.4, -0.2) is 35.4 Å². The van der Waals surface area contributed by atoms with E-state index in [0.717, 1.165) is 16.9 Å². The average Bonchev–Trinajstić information content (AvgIpc) is 3.35. The smallest absolute Gasteiger partial charge is 0.227 e. The third-order valence-corrected chi connectivity index (χ3v) is 5.54. The van der Waals surface area contributed by atoms with Gasteiger partial charge >= 0.3 is 0 Å². The van der Waals surface area contributed by atoms with Crippen molar-refractivity contribution >= 4 is 28.5 Å². The molecule has 2 N–H and O–H groups in total. The summed E-state index contributed by atoms with van der Waals surface area (Å²) in [5, 5.41) is 3.11. The van der Waals surface area contributed by atoms with Crippen LogP contribution in [0.1, 0.15) is 32.1 Å². The van der Waals surface area contributed by atoms with E-state index in [4.69, 9.17) is 4.74 Å². The Kier molecular flexibility index (Phi) is 5.44. The number of para-hydroxylation sites is 4. The molecule has 3 aromatic rings. The first-order chi connectivity index (χ1) is 14.5. The van der Waals surface area contributed by atoms with Crippen LogP contribution in [0.2, 0.25) is 0 Å². The van der Waals surface area contributed by atoms with E-state index >= 15 is 0 Å². The third kappa shape index (κ3) is 3.75. The molecule has 0 spiro atoms. The lowest BCUT2D eigenvalue weighted by Crippen LogP contribution is -2.38. The highest BCUT2D eigenvalue weighted by Gasteiger charge is 2.37. The lowest BCUT2D eigenvalue weighted by molar-refractivity contribution is -0.127. The van der Waals surface area contributed by atoms with Crippen molar-refractivity contribution in [2.24, 2.45) is 11.8 Å². The molecule has 0 aliphatic carbocycles. The number of aromatic amines is 1. The Morgan fingerprint density at radius 1 is 1.20 bits per heavy atom. The summed E-state index contributed by atoms with van der Waals surface area (Å²) in [6.07, 6.45) is 0.175. The molecule has 2 amide bonds. The maximum atomic E-state index is 13.1. The summed E-state index contributed by atoms with van der Waals surface area (Å²) in [7, 11) is 1.57. The van der Waals surface area contributed by atoms with Crippen LogP contribution >= 0.6 is 0 Å². The van der Waals surface area contributed by atoms with Crippen molar-refractivity contribution in [3.8, 4) is 5.75 Å². The number of benzene rings is 2. The monoisotopic (exact) mass is 406 g/mol. The largest absolute Gasteiger partial charge is 0.495 e. The molecule has 1 saturated heterocycles. The van der Waals surface area contributed by atoms with Crippen LogP contribution in [0.25, 0.3) is 11.0 Å². The maximum absolute atomic E-state index is 13.1. The molecule has 1 fully saturated rings. The number of nitrogens with one attached hydrogen (secondary N) is 2. The molecule has 2 heterocycles. The number of carbonyl (C=O) groups is 2. The van der Waals surface area contributed by atoms with Gasteiger partial charge in [-0.1, -0.05) is 38.1 Å². The number of nitrogens with zero attached hydrogens (tertiary/aromatic N) is 2. The minimum absolute atomic E-state index is 0.0792. The highest BCUT2D eigenvalue weighted by molar-refractivity contribution is 6.01. The Balaban J connectivity index is 1.51. The summed E-state index contributed by atoms with van der Waals surface area (Å²) >= 11 is 0. The van der Waals surface area contributed by atoms with E-state index < -0.39 is 5.92 Å². The molecule has 0 bridgehead atoms. The van der Waals surface area contributed by atoms with Crippen LogP contribution < -0.4 is 15.0 Å². The fourth-order valence-electron chi connectivity index (χ4n) is 3.91. The zero-order valence-corrected chi connectivity index (χ0v) is 17.4. The van der Waals surface area contributed by atoms with Crippen molar-refractivity contribution in [3.63, 3.8) is 0 Å².